The maximum absolute atomic E-state index is 13.3. The van der Waals surface area contributed by atoms with Crippen LogP contribution in [0.25, 0.3) is 11.0 Å². The smallest absolute Gasteiger partial charge is 0.339 e. The number of hydrogen-bond donors (Lipinski definition) is 0. The van der Waals surface area contributed by atoms with Crippen LogP contribution in [0, 0.1) is 6.92 Å². The SMILES string of the molecule is COC(=O)c1ccc(C(=O)N2CCCN2C(=O)c2cnc3c(c(C)nn3C)c2Cl)nc1. The highest BCUT2D eigenvalue weighted by molar-refractivity contribution is 6.38. The van der Waals surface area contributed by atoms with Crippen molar-refractivity contribution in [3.05, 3.63) is 52.1 Å². The Labute approximate surface area is 182 Å². The lowest BCUT2D eigenvalue weighted by Gasteiger charge is -2.27. The van der Waals surface area contributed by atoms with Crippen molar-refractivity contribution in [1.82, 2.24) is 29.8 Å². The Morgan fingerprint density at radius 2 is 1.77 bits per heavy atom. The highest BCUT2D eigenvalue weighted by atomic mass is 35.5. The van der Waals surface area contributed by atoms with Crippen molar-refractivity contribution in [3.8, 4) is 0 Å². The Morgan fingerprint density at radius 1 is 1.06 bits per heavy atom. The van der Waals surface area contributed by atoms with Gasteiger partial charge in [-0.3, -0.25) is 19.3 Å². The number of carbonyl (C=O) groups is 3. The molecule has 0 aliphatic carbocycles. The normalized spacial score (nSPS) is 13.7. The molecule has 0 spiro atoms. The van der Waals surface area contributed by atoms with Crippen molar-refractivity contribution in [2.45, 2.75) is 13.3 Å². The number of hydrazine groups is 1. The highest BCUT2D eigenvalue weighted by Gasteiger charge is 2.34. The fourth-order valence-corrected chi connectivity index (χ4v) is 3.93. The lowest BCUT2D eigenvalue weighted by atomic mass is 10.2. The molecule has 0 bridgehead atoms. The van der Waals surface area contributed by atoms with Gasteiger partial charge < -0.3 is 4.74 Å². The number of esters is 1. The average Bonchev–Trinajstić information content (AvgIpc) is 3.37. The number of amides is 2. The van der Waals surface area contributed by atoms with E-state index in [1.165, 1.54) is 41.7 Å². The lowest BCUT2D eigenvalue weighted by Crippen LogP contribution is -2.45. The predicted octanol–water partition coefficient (Wildman–Crippen LogP) is 2.02. The first-order valence-corrected chi connectivity index (χ1v) is 9.87. The van der Waals surface area contributed by atoms with E-state index in [0.717, 1.165) is 0 Å². The van der Waals surface area contributed by atoms with Gasteiger partial charge in [0, 0.05) is 32.5 Å². The number of fused-ring (bicyclic) bond motifs is 1. The van der Waals surface area contributed by atoms with Crippen LogP contribution in [-0.4, -0.2) is 67.7 Å². The van der Waals surface area contributed by atoms with Crippen molar-refractivity contribution < 1.29 is 19.1 Å². The molecule has 4 rings (SSSR count). The number of aryl methyl sites for hydroxylation is 2. The second-order valence-corrected chi connectivity index (χ2v) is 7.41. The van der Waals surface area contributed by atoms with E-state index in [9.17, 15) is 14.4 Å². The van der Waals surface area contributed by atoms with E-state index < -0.39 is 17.8 Å². The topological polar surface area (TPSA) is 111 Å². The summed E-state index contributed by atoms with van der Waals surface area (Å²) >= 11 is 6.54. The van der Waals surface area contributed by atoms with Crippen LogP contribution in [0.4, 0.5) is 0 Å². The number of halogens is 1. The van der Waals surface area contributed by atoms with Crippen LogP contribution >= 0.6 is 11.6 Å². The molecule has 1 aliphatic rings. The number of pyridine rings is 2. The molecular weight excluding hydrogens is 424 g/mol. The van der Waals surface area contributed by atoms with Crippen molar-refractivity contribution in [1.29, 1.82) is 0 Å². The van der Waals surface area contributed by atoms with Crippen LogP contribution < -0.4 is 0 Å². The van der Waals surface area contributed by atoms with E-state index in [0.29, 0.717) is 36.2 Å². The summed E-state index contributed by atoms with van der Waals surface area (Å²) < 4.78 is 6.23. The number of hydrogen-bond acceptors (Lipinski definition) is 7. The van der Waals surface area contributed by atoms with Crippen molar-refractivity contribution in [2.75, 3.05) is 20.2 Å². The van der Waals surface area contributed by atoms with E-state index >= 15 is 0 Å². The molecule has 1 saturated heterocycles. The standard InChI is InChI=1S/C20H19ClN6O4/c1-11-15-16(21)13(10-23-17(15)25(2)24-11)18(28)26-7-4-8-27(26)19(29)14-6-5-12(9-22-14)20(30)31-3/h5-6,9-10H,4,7-8H2,1-3H3. The zero-order chi connectivity index (χ0) is 22.3. The van der Waals surface area contributed by atoms with Gasteiger partial charge in [0.15, 0.2) is 5.65 Å². The first-order valence-electron chi connectivity index (χ1n) is 9.49. The number of methoxy groups -OCH3 is 1. The van der Waals surface area contributed by atoms with Crippen LogP contribution in [0.2, 0.25) is 5.02 Å². The van der Waals surface area contributed by atoms with E-state index in [1.807, 2.05) is 0 Å². The van der Waals surface area contributed by atoms with Gasteiger partial charge in [-0.05, 0) is 25.5 Å². The van der Waals surface area contributed by atoms with Crippen molar-refractivity contribution >= 4 is 40.4 Å². The van der Waals surface area contributed by atoms with Gasteiger partial charge >= 0.3 is 5.97 Å². The number of rotatable bonds is 3. The number of nitrogens with zero attached hydrogens (tertiary/aromatic N) is 6. The summed E-state index contributed by atoms with van der Waals surface area (Å²) in [6, 6.07) is 2.88. The molecule has 3 aromatic rings. The van der Waals surface area contributed by atoms with Crippen molar-refractivity contribution in [2.24, 2.45) is 7.05 Å². The lowest BCUT2D eigenvalue weighted by molar-refractivity contribution is 0.0182. The zero-order valence-electron chi connectivity index (χ0n) is 17.1. The molecule has 10 nitrogen and oxygen atoms in total. The third-order valence-corrected chi connectivity index (χ3v) is 5.49. The summed E-state index contributed by atoms with van der Waals surface area (Å²) in [6.07, 6.45) is 3.27. The highest BCUT2D eigenvalue weighted by Crippen LogP contribution is 2.30. The van der Waals surface area contributed by atoms with E-state index in [-0.39, 0.29) is 21.8 Å². The second-order valence-electron chi connectivity index (χ2n) is 7.03. The molecule has 11 heteroatoms. The Morgan fingerprint density at radius 3 is 2.42 bits per heavy atom. The van der Waals surface area contributed by atoms with Gasteiger partial charge in [0.1, 0.15) is 5.69 Å². The van der Waals surface area contributed by atoms with Gasteiger partial charge in [0.25, 0.3) is 11.8 Å². The molecular formula is C20H19ClN6O4. The van der Waals surface area contributed by atoms with Gasteiger partial charge in [-0.1, -0.05) is 11.6 Å². The van der Waals surface area contributed by atoms with E-state index in [2.05, 4.69) is 19.8 Å². The van der Waals surface area contributed by atoms with Gasteiger partial charge in [-0.2, -0.15) is 5.10 Å². The zero-order valence-corrected chi connectivity index (χ0v) is 17.9. The molecule has 3 aromatic heterocycles. The summed E-state index contributed by atoms with van der Waals surface area (Å²) in [5, 5.41) is 7.83. The number of ether oxygens (including phenoxy) is 1. The van der Waals surface area contributed by atoms with Gasteiger partial charge in [-0.25, -0.2) is 19.8 Å². The quantitative estimate of drug-likeness (QED) is 0.570. The van der Waals surface area contributed by atoms with Crippen LogP contribution in [0.5, 0.6) is 0 Å². The summed E-state index contributed by atoms with van der Waals surface area (Å²) in [4.78, 5) is 46.2. The van der Waals surface area contributed by atoms with Crippen LogP contribution in [-0.2, 0) is 11.8 Å². The summed E-state index contributed by atoms with van der Waals surface area (Å²) in [7, 11) is 3.01. The second kappa shape index (κ2) is 7.95. The molecule has 2 amide bonds. The molecule has 0 atom stereocenters. The van der Waals surface area contributed by atoms with E-state index in [1.54, 1.807) is 18.7 Å². The monoisotopic (exact) mass is 442 g/mol. The average molecular weight is 443 g/mol. The summed E-state index contributed by atoms with van der Waals surface area (Å²) in [6.45, 7) is 2.49. The number of carbonyl (C=O) groups excluding carboxylic acids is 3. The third-order valence-electron chi connectivity index (χ3n) is 5.10. The third kappa shape index (κ3) is 3.48. The molecule has 160 valence electrons. The minimum absolute atomic E-state index is 0.107. The Balaban J connectivity index is 1.62. The van der Waals surface area contributed by atoms with Crippen LogP contribution in [0.3, 0.4) is 0 Å². The minimum atomic E-state index is -0.548. The molecule has 1 fully saturated rings. The van der Waals surface area contributed by atoms with Crippen LogP contribution in [0.15, 0.2) is 24.5 Å². The van der Waals surface area contributed by atoms with Crippen molar-refractivity contribution in [3.63, 3.8) is 0 Å². The summed E-state index contributed by atoms with van der Waals surface area (Å²) in [5.41, 5.74) is 1.76. The maximum Gasteiger partial charge on any atom is 0.339 e. The Hall–Kier alpha value is -3.53. The largest absolute Gasteiger partial charge is 0.465 e. The maximum atomic E-state index is 13.3. The van der Waals surface area contributed by atoms with Gasteiger partial charge in [0.2, 0.25) is 0 Å². The fraction of sp³-hybridized carbons (Fsp3) is 0.300. The molecule has 0 saturated carbocycles. The van der Waals surface area contributed by atoms with E-state index in [4.69, 9.17) is 11.6 Å². The van der Waals surface area contributed by atoms with Gasteiger partial charge in [-0.15, -0.1) is 0 Å². The molecule has 0 aromatic carbocycles. The minimum Gasteiger partial charge on any atom is -0.465 e. The molecule has 31 heavy (non-hydrogen) atoms. The molecule has 0 radical (unpaired) electrons. The Bertz CT molecular complexity index is 1210. The van der Waals surface area contributed by atoms with Crippen LogP contribution in [0.1, 0.15) is 43.3 Å². The number of aromatic nitrogens is 4. The molecule has 0 unspecified atom stereocenters. The van der Waals surface area contributed by atoms with Gasteiger partial charge in [0.05, 0.1) is 34.3 Å². The molecule has 4 heterocycles. The fourth-order valence-electron chi connectivity index (χ4n) is 3.58. The summed E-state index contributed by atoms with van der Waals surface area (Å²) in [5.74, 6) is -1.43. The molecule has 0 N–H and O–H groups in total. The first-order chi connectivity index (χ1) is 14.8. The molecule has 1 aliphatic heterocycles. The predicted molar refractivity (Wildman–Crippen MR) is 111 cm³/mol. The Kier molecular flexibility index (Phi) is 5.32. The first kappa shape index (κ1) is 20.7.